The fourth-order valence-corrected chi connectivity index (χ4v) is 7.42. The Kier molecular flexibility index (Phi) is 13.3. The van der Waals surface area contributed by atoms with Crippen molar-refractivity contribution in [3.05, 3.63) is 106 Å². The van der Waals surface area contributed by atoms with Gasteiger partial charge >= 0.3 is 0 Å². The lowest BCUT2D eigenvalue weighted by molar-refractivity contribution is -0.140. The molecule has 1 N–H and O–H groups in total. The predicted octanol–water partition coefficient (Wildman–Crippen LogP) is 6.78. The Hall–Kier alpha value is -4.65. The SMILES string of the molecule is COc1ccc(OC)c(N(CC(=O)N(Cc2c(Cl)cccc2Cl)[C@@H](Cc2ccccc2)C(=O)NC(C)(C)C)S(=O)(=O)c2ccc(OC)c(OC)c2)c1. The first-order valence-electron chi connectivity index (χ1n) is 16.2. The maximum atomic E-state index is 14.9. The molecule has 0 aromatic heterocycles. The fourth-order valence-electron chi connectivity index (χ4n) is 5.47. The Bertz CT molecular complexity index is 1970. The molecule has 0 saturated heterocycles. The zero-order valence-corrected chi connectivity index (χ0v) is 32.4. The predicted molar refractivity (Wildman–Crippen MR) is 202 cm³/mol. The van der Waals surface area contributed by atoms with Crippen molar-refractivity contribution in [2.24, 2.45) is 0 Å². The first kappa shape index (κ1) is 40.1. The van der Waals surface area contributed by atoms with E-state index in [0.717, 1.165) is 9.87 Å². The number of ether oxygens (including phenoxy) is 4. The number of nitrogens with zero attached hydrogens (tertiary/aromatic N) is 2. The molecule has 14 heteroatoms. The first-order chi connectivity index (χ1) is 24.6. The number of methoxy groups -OCH3 is 4. The first-order valence-corrected chi connectivity index (χ1v) is 18.4. The lowest BCUT2D eigenvalue weighted by Crippen LogP contribution is -2.56. The molecule has 52 heavy (non-hydrogen) atoms. The van der Waals surface area contributed by atoms with Gasteiger partial charge in [0.2, 0.25) is 11.8 Å². The number of rotatable bonds is 15. The van der Waals surface area contributed by atoms with Crippen molar-refractivity contribution in [1.82, 2.24) is 10.2 Å². The van der Waals surface area contributed by atoms with E-state index in [4.69, 9.17) is 42.1 Å². The van der Waals surface area contributed by atoms with E-state index in [2.05, 4.69) is 5.32 Å². The molecular formula is C38H43Cl2N3O8S. The van der Waals surface area contributed by atoms with Crippen LogP contribution in [0.15, 0.2) is 89.8 Å². The van der Waals surface area contributed by atoms with Crippen LogP contribution in [0.5, 0.6) is 23.0 Å². The summed E-state index contributed by atoms with van der Waals surface area (Å²) in [6.45, 7) is 4.50. The highest BCUT2D eigenvalue weighted by molar-refractivity contribution is 7.92. The van der Waals surface area contributed by atoms with Gasteiger partial charge in [-0.1, -0.05) is 59.6 Å². The summed E-state index contributed by atoms with van der Waals surface area (Å²) in [5.74, 6) is -0.272. The highest BCUT2D eigenvalue weighted by atomic mass is 35.5. The van der Waals surface area contributed by atoms with E-state index in [1.807, 2.05) is 51.1 Å². The summed E-state index contributed by atoms with van der Waals surface area (Å²) in [4.78, 5) is 30.3. The lowest BCUT2D eigenvalue weighted by Gasteiger charge is -2.36. The Labute approximate surface area is 315 Å². The van der Waals surface area contributed by atoms with Gasteiger partial charge in [0.05, 0.1) is 39.0 Å². The maximum Gasteiger partial charge on any atom is 0.265 e. The second kappa shape index (κ2) is 17.2. The quantitative estimate of drug-likeness (QED) is 0.140. The average Bonchev–Trinajstić information content (AvgIpc) is 3.11. The van der Waals surface area contributed by atoms with Gasteiger partial charge in [0.15, 0.2) is 11.5 Å². The van der Waals surface area contributed by atoms with Gasteiger partial charge in [0, 0.05) is 46.2 Å². The van der Waals surface area contributed by atoms with Gasteiger partial charge in [-0.3, -0.25) is 13.9 Å². The second-order valence-corrected chi connectivity index (χ2v) is 15.4. The number of anilines is 1. The molecule has 4 aromatic rings. The number of hydrogen-bond donors (Lipinski definition) is 1. The van der Waals surface area contributed by atoms with Gasteiger partial charge < -0.3 is 29.2 Å². The number of halogens is 2. The van der Waals surface area contributed by atoms with Crippen molar-refractivity contribution in [3.63, 3.8) is 0 Å². The monoisotopic (exact) mass is 771 g/mol. The standard InChI is InChI=1S/C38H43Cl2N3O8S/c1-38(2,3)41-37(45)32(20-25-12-9-8-10-13-25)42(23-28-29(39)14-11-15-30(28)40)36(44)24-43(31-21-26(48-4)16-18-33(31)49-5)52(46,47)27-17-19-34(50-6)35(22-27)51-7/h8-19,21-22,32H,20,23-24H2,1-7H3,(H,41,45)/t32-/m0/s1. The maximum absolute atomic E-state index is 14.9. The second-order valence-electron chi connectivity index (χ2n) is 12.7. The average molecular weight is 773 g/mol. The number of carbonyl (C=O) groups excluding carboxylic acids is 2. The Morgan fingerprint density at radius 1 is 0.769 bits per heavy atom. The molecule has 4 aromatic carbocycles. The van der Waals surface area contributed by atoms with Gasteiger partial charge in [-0.05, 0) is 62.7 Å². The van der Waals surface area contributed by atoms with Crippen LogP contribution in [0, 0.1) is 0 Å². The van der Waals surface area contributed by atoms with Crippen molar-refractivity contribution in [2.75, 3.05) is 39.3 Å². The smallest absolute Gasteiger partial charge is 0.265 e. The fraction of sp³-hybridized carbons (Fsp3) is 0.316. The number of amides is 2. The molecule has 0 spiro atoms. The molecule has 0 bridgehead atoms. The largest absolute Gasteiger partial charge is 0.497 e. The van der Waals surface area contributed by atoms with Gasteiger partial charge in [0.1, 0.15) is 24.1 Å². The summed E-state index contributed by atoms with van der Waals surface area (Å²) in [6.07, 6.45) is 0.0987. The molecule has 0 fully saturated rings. The van der Waals surface area contributed by atoms with Gasteiger partial charge in [-0.25, -0.2) is 8.42 Å². The van der Waals surface area contributed by atoms with Gasteiger partial charge in [-0.2, -0.15) is 0 Å². The number of sulfonamides is 1. The third-order valence-corrected chi connectivity index (χ3v) is 10.5. The van der Waals surface area contributed by atoms with E-state index in [1.165, 1.54) is 63.7 Å². The Morgan fingerprint density at radius 3 is 1.96 bits per heavy atom. The van der Waals surface area contributed by atoms with Crippen LogP contribution >= 0.6 is 23.2 Å². The molecule has 0 radical (unpaired) electrons. The minimum Gasteiger partial charge on any atom is -0.497 e. The molecule has 0 heterocycles. The molecule has 2 amide bonds. The van der Waals surface area contributed by atoms with E-state index in [-0.39, 0.29) is 45.1 Å². The molecule has 0 aliphatic carbocycles. The summed E-state index contributed by atoms with van der Waals surface area (Å²) >= 11 is 13.3. The summed E-state index contributed by atoms with van der Waals surface area (Å²) < 4.78 is 52.1. The number of nitrogens with one attached hydrogen (secondary N) is 1. The van der Waals surface area contributed by atoms with Gasteiger partial charge in [0.25, 0.3) is 10.0 Å². The molecule has 278 valence electrons. The minimum atomic E-state index is -4.56. The van der Waals surface area contributed by atoms with Crippen LogP contribution in [0.3, 0.4) is 0 Å². The highest BCUT2D eigenvalue weighted by Crippen LogP contribution is 2.38. The van der Waals surface area contributed by atoms with Crippen LogP contribution in [0.1, 0.15) is 31.9 Å². The van der Waals surface area contributed by atoms with Crippen molar-refractivity contribution in [1.29, 1.82) is 0 Å². The van der Waals surface area contributed by atoms with E-state index >= 15 is 0 Å². The summed E-state index contributed by atoms with van der Waals surface area (Å²) in [6, 6.07) is 21.7. The number of hydrogen-bond acceptors (Lipinski definition) is 8. The third-order valence-electron chi connectivity index (χ3n) is 8.04. The van der Waals surface area contributed by atoms with Crippen LogP contribution in [0.4, 0.5) is 5.69 Å². The van der Waals surface area contributed by atoms with Crippen LogP contribution < -0.4 is 28.6 Å². The molecule has 1 atom stereocenters. The summed E-state index contributed by atoms with van der Waals surface area (Å²) in [5, 5.41) is 3.53. The number of carbonyl (C=O) groups is 2. The third kappa shape index (κ3) is 9.61. The summed E-state index contributed by atoms with van der Waals surface area (Å²) in [7, 11) is 1.07. The zero-order chi connectivity index (χ0) is 38.2. The highest BCUT2D eigenvalue weighted by Gasteiger charge is 2.37. The van der Waals surface area contributed by atoms with Crippen molar-refractivity contribution < 1.29 is 37.0 Å². The van der Waals surface area contributed by atoms with Crippen molar-refractivity contribution in [3.8, 4) is 23.0 Å². The molecule has 0 aliphatic rings. The van der Waals surface area contributed by atoms with Crippen LogP contribution in [-0.4, -0.2) is 71.7 Å². The normalized spacial score (nSPS) is 12.0. The van der Waals surface area contributed by atoms with E-state index in [1.54, 1.807) is 24.3 Å². The molecule has 0 saturated carbocycles. The van der Waals surface area contributed by atoms with Crippen molar-refractivity contribution >= 4 is 50.7 Å². The minimum absolute atomic E-state index is 0.0134. The number of benzene rings is 4. The topological polar surface area (TPSA) is 124 Å². The lowest BCUT2D eigenvalue weighted by atomic mass is 10.0. The van der Waals surface area contributed by atoms with E-state index in [0.29, 0.717) is 17.1 Å². The molecule has 0 unspecified atom stereocenters. The van der Waals surface area contributed by atoms with Crippen molar-refractivity contribution in [2.45, 2.75) is 50.2 Å². The molecule has 11 nitrogen and oxygen atoms in total. The van der Waals surface area contributed by atoms with E-state index in [9.17, 15) is 18.0 Å². The molecule has 0 aliphatic heterocycles. The van der Waals surface area contributed by atoms with E-state index < -0.39 is 40.0 Å². The Morgan fingerprint density at radius 2 is 1.38 bits per heavy atom. The Balaban J connectivity index is 1.94. The van der Waals surface area contributed by atoms with Crippen LogP contribution in [0.2, 0.25) is 10.0 Å². The molecular weight excluding hydrogens is 729 g/mol. The summed E-state index contributed by atoms with van der Waals surface area (Å²) in [5.41, 5.74) is 0.497. The zero-order valence-electron chi connectivity index (χ0n) is 30.1. The van der Waals surface area contributed by atoms with Gasteiger partial charge in [-0.15, -0.1) is 0 Å². The molecule has 4 rings (SSSR count). The van der Waals surface area contributed by atoms with Crippen LogP contribution in [0.25, 0.3) is 0 Å². The van der Waals surface area contributed by atoms with Crippen LogP contribution in [-0.2, 0) is 32.6 Å².